The second kappa shape index (κ2) is 18.6. The van der Waals surface area contributed by atoms with Gasteiger partial charge in [-0.2, -0.15) is 13.2 Å². The number of hydrogen-bond donors (Lipinski definition) is 2. The van der Waals surface area contributed by atoms with Crippen molar-refractivity contribution in [3.8, 4) is 5.75 Å². The maximum atomic E-state index is 14.1. The van der Waals surface area contributed by atoms with Crippen LogP contribution in [0.4, 0.5) is 18.0 Å². The van der Waals surface area contributed by atoms with E-state index in [-0.39, 0.29) is 35.5 Å². The summed E-state index contributed by atoms with van der Waals surface area (Å²) in [6, 6.07) is 15.7. The van der Waals surface area contributed by atoms with E-state index in [9.17, 15) is 37.1 Å². The van der Waals surface area contributed by atoms with Crippen LogP contribution in [-0.2, 0) is 32.1 Å². The Labute approximate surface area is 316 Å². The molecule has 3 rings (SSSR count). The third-order valence-corrected chi connectivity index (χ3v) is 8.86. The summed E-state index contributed by atoms with van der Waals surface area (Å²) in [6.07, 6.45) is -6.95. The van der Waals surface area contributed by atoms with Crippen molar-refractivity contribution in [1.29, 1.82) is 0 Å². The number of halogens is 5. The first kappa shape index (κ1) is 43.0. The number of methoxy groups -OCH3 is 1. The summed E-state index contributed by atoms with van der Waals surface area (Å²) in [7, 11) is 1.43. The second-order valence-corrected chi connectivity index (χ2v) is 14.8. The highest BCUT2D eigenvalue weighted by molar-refractivity contribution is 6.31. The van der Waals surface area contributed by atoms with Crippen LogP contribution in [0.1, 0.15) is 80.6 Å². The summed E-state index contributed by atoms with van der Waals surface area (Å²) in [5.41, 5.74) is 0.819. The summed E-state index contributed by atoms with van der Waals surface area (Å²) in [5.74, 6) is -7.24. The van der Waals surface area contributed by atoms with Gasteiger partial charge in [-0.1, -0.05) is 73.4 Å². The van der Waals surface area contributed by atoms with Gasteiger partial charge in [-0.15, -0.1) is 0 Å². The van der Waals surface area contributed by atoms with Crippen molar-refractivity contribution in [2.75, 3.05) is 7.11 Å². The largest absolute Gasteiger partial charge is 0.497 e. The Hall–Kier alpha value is -4.42. The van der Waals surface area contributed by atoms with Crippen LogP contribution in [0.3, 0.4) is 0 Å². The minimum absolute atomic E-state index is 0.00839. The third kappa shape index (κ3) is 13.2. The van der Waals surface area contributed by atoms with Crippen LogP contribution in [0.15, 0.2) is 66.7 Å². The van der Waals surface area contributed by atoms with Gasteiger partial charge in [0, 0.05) is 46.8 Å². The summed E-state index contributed by atoms with van der Waals surface area (Å²) in [4.78, 5) is 66.0. The van der Waals surface area contributed by atoms with Gasteiger partial charge in [0.1, 0.15) is 17.4 Å². The van der Waals surface area contributed by atoms with E-state index in [2.05, 4.69) is 10.6 Å². The van der Waals surface area contributed by atoms with Crippen LogP contribution in [0.2, 0.25) is 10.0 Å². The first-order valence-corrected chi connectivity index (χ1v) is 17.5. The molecule has 0 bridgehead atoms. The maximum absolute atomic E-state index is 14.1. The van der Waals surface area contributed by atoms with E-state index in [1.54, 1.807) is 51.1 Å². The molecule has 3 aromatic carbocycles. The Morgan fingerprint density at radius 2 is 1.53 bits per heavy atom. The van der Waals surface area contributed by atoms with Crippen LogP contribution >= 0.6 is 23.2 Å². The lowest BCUT2D eigenvalue weighted by atomic mass is 9.84. The van der Waals surface area contributed by atoms with Crippen molar-refractivity contribution < 1.29 is 46.6 Å². The van der Waals surface area contributed by atoms with Crippen LogP contribution in [0, 0.1) is 17.8 Å². The molecule has 14 heteroatoms. The SMILES string of the molecule is COc1ccc([C@H](NC(=O)[C@@H](CC(=O)c2ccc(CNC(=O)OC(C)(C)C)c(Cl)c2)Cc2cccc(Cl)c2)C(=O)C[C@H](C(=O)C(F)(F)F)C(C)C)cc1. The van der Waals surface area contributed by atoms with E-state index in [0.717, 1.165) is 0 Å². The molecule has 9 nitrogen and oxygen atoms in total. The zero-order valence-electron chi connectivity index (χ0n) is 30.2. The minimum Gasteiger partial charge on any atom is -0.497 e. The van der Waals surface area contributed by atoms with E-state index in [4.69, 9.17) is 32.7 Å². The molecule has 0 heterocycles. The number of hydrogen-bond acceptors (Lipinski definition) is 7. The van der Waals surface area contributed by atoms with Gasteiger partial charge < -0.3 is 20.1 Å². The van der Waals surface area contributed by atoms with Crippen LogP contribution in [0.25, 0.3) is 0 Å². The highest BCUT2D eigenvalue weighted by Gasteiger charge is 2.45. The summed E-state index contributed by atoms with van der Waals surface area (Å²) >= 11 is 12.7. The summed E-state index contributed by atoms with van der Waals surface area (Å²) < 4.78 is 50.9. The molecule has 0 radical (unpaired) electrons. The van der Waals surface area contributed by atoms with Gasteiger partial charge in [0.25, 0.3) is 0 Å². The predicted molar refractivity (Wildman–Crippen MR) is 195 cm³/mol. The van der Waals surface area contributed by atoms with Crippen molar-refractivity contribution in [3.63, 3.8) is 0 Å². The number of rotatable bonds is 16. The molecule has 0 aromatic heterocycles. The van der Waals surface area contributed by atoms with Crippen molar-refractivity contribution in [2.45, 2.75) is 78.2 Å². The maximum Gasteiger partial charge on any atom is 0.450 e. The average Bonchev–Trinajstić information content (AvgIpc) is 3.07. The quantitative estimate of drug-likeness (QED) is 0.139. The molecule has 0 saturated carbocycles. The molecule has 53 heavy (non-hydrogen) atoms. The number of ether oxygens (including phenoxy) is 2. The zero-order chi connectivity index (χ0) is 39.7. The number of ketones is 3. The third-order valence-electron chi connectivity index (χ3n) is 8.27. The second-order valence-electron chi connectivity index (χ2n) is 13.9. The molecule has 0 fully saturated rings. The first-order valence-electron chi connectivity index (χ1n) is 16.8. The summed E-state index contributed by atoms with van der Waals surface area (Å²) in [5, 5.41) is 5.83. The molecule has 3 atom stereocenters. The van der Waals surface area contributed by atoms with E-state index >= 15 is 0 Å². The fourth-order valence-electron chi connectivity index (χ4n) is 5.48. The minimum atomic E-state index is -5.16. The number of nitrogens with one attached hydrogen (secondary N) is 2. The molecule has 2 N–H and O–H groups in total. The highest BCUT2D eigenvalue weighted by atomic mass is 35.5. The van der Waals surface area contributed by atoms with Crippen molar-refractivity contribution in [2.24, 2.45) is 17.8 Å². The monoisotopic (exact) mass is 778 g/mol. The van der Waals surface area contributed by atoms with Gasteiger partial charge in [-0.05, 0) is 80.1 Å². The molecule has 0 aliphatic heterocycles. The molecular formula is C39H43Cl2F3N2O7. The number of alkyl halides is 3. The number of benzene rings is 3. The Bertz CT molecular complexity index is 1790. The normalized spacial score (nSPS) is 13.4. The molecule has 3 aromatic rings. The van der Waals surface area contributed by atoms with Crippen molar-refractivity contribution >= 4 is 52.6 Å². The van der Waals surface area contributed by atoms with Crippen LogP contribution < -0.4 is 15.4 Å². The van der Waals surface area contributed by atoms with E-state index in [0.29, 0.717) is 21.9 Å². The van der Waals surface area contributed by atoms with Crippen molar-refractivity contribution in [1.82, 2.24) is 10.6 Å². The molecule has 0 saturated heterocycles. The number of carbonyl (C=O) groups is 5. The number of amides is 2. The predicted octanol–water partition coefficient (Wildman–Crippen LogP) is 8.68. The molecular weight excluding hydrogens is 736 g/mol. The smallest absolute Gasteiger partial charge is 0.450 e. The molecule has 286 valence electrons. The lowest BCUT2D eigenvalue weighted by Crippen LogP contribution is -2.41. The van der Waals surface area contributed by atoms with Crippen molar-refractivity contribution in [3.05, 3.63) is 99.0 Å². The van der Waals surface area contributed by atoms with E-state index < -0.39 is 71.3 Å². The first-order chi connectivity index (χ1) is 24.7. The lowest BCUT2D eigenvalue weighted by molar-refractivity contribution is -0.177. The fraction of sp³-hybridized carbons (Fsp3) is 0.410. The Morgan fingerprint density at radius 3 is 2.08 bits per heavy atom. The Kier molecular flexibility index (Phi) is 15.1. The topological polar surface area (TPSA) is 128 Å². The van der Waals surface area contributed by atoms with Gasteiger partial charge in [0.2, 0.25) is 11.7 Å². The van der Waals surface area contributed by atoms with Gasteiger partial charge in [0.15, 0.2) is 11.6 Å². The average molecular weight is 780 g/mol. The standard InChI is InChI=1S/C39H43Cl2F3N2O7/c1-22(2)30(35(49)39(42,43)44)20-33(48)34(24-12-14-29(52-6)15-13-24)46-36(50)27(16-23-8-7-9-28(40)17-23)19-32(47)25-10-11-26(31(41)18-25)21-45-37(51)53-38(3,4)5/h7-15,17-18,22,27,30,34H,16,19-21H2,1-6H3,(H,45,51)(H,46,50)/t27-,30+,34+/m1/s1. The van der Waals surface area contributed by atoms with Gasteiger partial charge in [-0.25, -0.2) is 4.79 Å². The molecule has 0 unspecified atom stereocenters. The van der Waals surface area contributed by atoms with Gasteiger partial charge in [0.05, 0.1) is 7.11 Å². The Morgan fingerprint density at radius 1 is 0.868 bits per heavy atom. The molecule has 0 spiro atoms. The van der Waals surface area contributed by atoms with Gasteiger partial charge >= 0.3 is 12.3 Å². The Balaban J connectivity index is 1.93. The molecule has 2 amide bonds. The zero-order valence-corrected chi connectivity index (χ0v) is 31.7. The highest BCUT2D eigenvalue weighted by Crippen LogP contribution is 2.31. The van der Waals surface area contributed by atoms with Crippen LogP contribution in [0.5, 0.6) is 5.75 Å². The summed E-state index contributed by atoms with van der Waals surface area (Å²) in [6.45, 7) is 8.01. The molecule has 0 aliphatic carbocycles. The van der Waals surface area contributed by atoms with Gasteiger partial charge in [-0.3, -0.25) is 19.2 Å². The number of Topliss-reactive ketones (excluding diaryl/α,β-unsaturated/α-hetero) is 3. The molecule has 0 aliphatic rings. The lowest BCUT2D eigenvalue weighted by Gasteiger charge is -2.26. The fourth-order valence-corrected chi connectivity index (χ4v) is 5.94. The van der Waals surface area contributed by atoms with Crippen LogP contribution in [-0.4, -0.2) is 48.2 Å². The van der Waals surface area contributed by atoms with E-state index in [1.807, 2.05) is 0 Å². The number of carbonyl (C=O) groups excluding carboxylic acids is 5. The van der Waals surface area contributed by atoms with E-state index in [1.165, 1.54) is 57.4 Å². The number of alkyl carbamates (subject to hydrolysis) is 1.